The summed E-state index contributed by atoms with van der Waals surface area (Å²) in [7, 11) is 1.79. The van der Waals surface area contributed by atoms with Gasteiger partial charge in [0.1, 0.15) is 22.7 Å². The number of β-lactam (4-membered cyclic amide) rings is 1. The third-order valence-electron chi connectivity index (χ3n) is 5.80. The van der Waals surface area contributed by atoms with Gasteiger partial charge < -0.3 is 9.80 Å². The number of hydrogen-bond acceptors (Lipinski definition) is 3. The Morgan fingerprint density at radius 3 is 2.19 bits per heavy atom. The molecule has 2 amide bonds. The molecule has 31 heavy (non-hydrogen) atoms. The lowest BCUT2D eigenvalue weighted by Gasteiger charge is -2.40. The molecule has 0 saturated carbocycles. The molecule has 2 aromatic carbocycles. The van der Waals surface area contributed by atoms with E-state index in [-0.39, 0.29) is 35.7 Å². The van der Waals surface area contributed by atoms with Crippen LogP contribution in [-0.2, 0) is 33.7 Å². The van der Waals surface area contributed by atoms with Crippen molar-refractivity contribution < 1.29 is 13.8 Å². The molecule has 3 rings (SSSR count). The zero-order valence-electron chi connectivity index (χ0n) is 18.0. The van der Waals surface area contributed by atoms with E-state index in [1.54, 1.807) is 11.9 Å². The maximum absolute atomic E-state index is 12.6. The summed E-state index contributed by atoms with van der Waals surface area (Å²) in [4.78, 5) is 28.5. The van der Waals surface area contributed by atoms with Crippen LogP contribution in [0, 0.1) is 0 Å². The first-order valence-corrected chi connectivity index (χ1v) is 11.6. The molecule has 0 radical (unpaired) electrons. The van der Waals surface area contributed by atoms with E-state index in [9.17, 15) is 13.8 Å². The largest absolute Gasteiger partial charge is 0.344 e. The van der Waals surface area contributed by atoms with Gasteiger partial charge in [-0.05, 0) is 36.8 Å². The van der Waals surface area contributed by atoms with Crippen LogP contribution in [0.1, 0.15) is 36.8 Å². The van der Waals surface area contributed by atoms with Gasteiger partial charge in [0.05, 0.1) is 6.04 Å². The summed E-state index contributed by atoms with van der Waals surface area (Å²) in [6.07, 6.45) is 5.97. The normalized spacial score (nSPS) is 15.5. The van der Waals surface area contributed by atoms with Crippen molar-refractivity contribution in [2.45, 2.75) is 44.6 Å². The fraction of sp³-hybridized carbons (Fsp3) is 0.400. The van der Waals surface area contributed by atoms with E-state index in [1.807, 2.05) is 36.4 Å². The first-order chi connectivity index (χ1) is 15.1. The van der Waals surface area contributed by atoms with Gasteiger partial charge in [-0.1, -0.05) is 73.5 Å². The number of rotatable bonds is 11. The van der Waals surface area contributed by atoms with Gasteiger partial charge in [-0.15, -0.1) is 0 Å². The number of nitrogens with zero attached hydrogens (tertiary/aromatic N) is 2. The van der Waals surface area contributed by atoms with E-state index in [2.05, 4.69) is 24.3 Å². The minimum atomic E-state index is -0.302. The van der Waals surface area contributed by atoms with E-state index in [0.29, 0.717) is 17.8 Å². The number of carbonyl (C=O) groups excluding carboxylic acids is 2. The smallest absolute Gasteiger partial charge is 0.266 e. The van der Waals surface area contributed by atoms with Crippen molar-refractivity contribution in [3.05, 3.63) is 71.8 Å². The average Bonchev–Trinajstić information content (AvgIpc) is 2.80. The Hall–Kier alpha value is -2.73. The number of benzene rings is 2. The number of likely N-dealkylation sites (tertiary alicyclic amines) is 1. The van der Waals surface area contributed by atoms with Gasteiger partial charge in [0.2, 0.25) is 5.91 Å². The highest BCUT2D eigenvalue weighted by molar-refractivity contribution is 7.69. The van der Waals surface area contributed by atoms with Crippen LogP contribution in [0.2, 0.25) is 0 Å². The molecular formula is C25H30N2O3S. The Morgan fingerprint density at radius 1 is 0.935 bits per heavy atom. The van der Waals surface area contributed by atoms with Crippen LogP contribution in [0.5, 0.6) is 0 Å². The number of unbranched alkanes of at least 4 members (excludes halogenated alkanes) is 3. The monoisotopic (exact) mass is 438 g/mol. The Labute approximate surface area is 188 Å². The summed E-state index contributed by atoms with van der Waals surface area (Å²) in [5.41, 5.74) is 2.42. The molecule has 1 atom stereocenters. The van der Waals surface area contributed by atoms with Crippen LogP contribution in [0.25, 0.3) is 0 Å². The zero-order valence-corrected chi connectivity index (χ0v) is 18.9. The van der Waals surface area contributed by atoms with E-state index in [4.69, 9.17) is 0 Å². The molecule has 1 aliphatic rings. The second-order valence-electron chi connectivity index (χ2n) is 8.05. The number of aryl methyl sites for hydroxylation is 1. The molecule has 1 heterocycles. The second-order valence-corrected chi connectivity index (χ2v) is 8.66. The van der Waals surface area contributed by atoms with Gasteiger partial charge in [-0.3, -0.25) is 9.59 Å². The third kappa shape index (κ3) is 6.37. The quantitative estimate of drug-likeness (QED) is 0.308. The molecule has 0 bridgehead atoms. The molecule has 0 aliphatic carbocycles. The number of amides is 2. The van der Waals surface area contributed by atoms with Crippen molar-refractivity contribution in [1.82, 2.24) is 9.80 Å². The van der Waals surface area contributed by atoms with Gasteiger partial charge in [-0.2, -0.15) is 0 Å². The molecule has 1 aliphatic heterocycles. The van der Waals surface area contributed by atoms with Crippen LogP contribution in [0.3, 0.4) is 0 Å². The fourth-order valence-corrected chi connectivity index (χ4v) is 4.39. The number of hydrogen-bond donors (Lipinski definition) is 0. The molecule has 1 fully saturated rings. The summed E-state index contributed by atoms with van der Waals surface area (Å²) in [5.74, 6) is -0.380. The first kappa shape index (κ1) is 22.9. The molecule has 164 valence electrons. The lowest BCUT2D eigenvalue weighted by molar-refractivity contribution is -0.140. The SMILES string of the molecule is CN(CCCCCCc1ccccc1)C(=O)CN1C(=O)C(=S=O)C1Cc1ccccc1. The van der Waals surface area contributed by atoms with E-state index in [1.165, 1.54) is 10.5 Å². The summed E-state index contributed by atoms with van der Waals surface area (Å²) in [6, 6.07) is 19.9. The van der Waals surface area contributed by atoms with Crippen LogP contribution in [-0.4, -0.2) is 56.9 Å². The topological polar surface area (TPSA) is 57.7 Å². The Morgan fingerprint density at radius 2 is 1.55 bits per heavy atom. The van der Waals surface area contributed by atoms with Crippen molar-refractivity contribution in [2.75, 3.05) is 20.1 Å². The summed E-state index contributed by atoms with van der Waals surface area (Å²) < 4.78 is 11.3. The van der Waals surface area contributed by atoms with Crippen molar-refractivity contribution in [3.8, 4) is 0 Å². The predicted molar refractivity (Wildman–Crippen MR) is 125 cm³/mol. The Bertz CT molecular complexity index is 926. The summed E-state index contributed by atoms with van der Waals surface area (Å²) in [5, 5.41) is 0. The number of carbonyl (C=O) groups is 2. The highest BCUT2D eigenvalue weighted by Crippen LogP contribution is 2.20. The maximum atomic E-state index is 12.6. The maximum Gasteiger partial charge on any atom is 0.266 e. The van der Waals surface area contributed by atoms with Gasteiger partial charge in [0.25, 0.3) is 5.91 Å². The molecule has 6 heteroatoms. The van der Waals surface area contributed by atoms with Crippen molar-refractivity contribution >= 4 is 27.9 Å². The van der Waals surface area contributed by atoms with Gasteiger partial charge in [0, 0.05) is 13.6 Å². The van der Waals surface area contributed by atoms with Crippen molar-refractivity contribution in [2.24, 2.45) is 0 Å². The van der Waals surface area contributed by atoms with Crippen molar-refractivity contribution in [1.29, 1.82) is 0 Å². The third-order valence-corrected chi connectivity index (χ3v) is 6.42. The average molecular weight is 439 g/mol. The minimum absolute atomic E-state index is 0.0326. The van der Waals surface area contributed by atoms with Gasteiger partial charge >= 0.3 is 0 Å². The van der Waals surface area contributed by atoms with Gasteiger partial charge in [0.15, 0.2) is 0 Å². The highest BCUT2D eigenvalue weighted by atomic mass is 32.1. The Balaban J connectivity index is 1.39. The van der Waals surface area contributed by atoms with Gasteiger partial charge in [-0.25, -0.2) is 4.21 Å². The van der Waals surface area contributed by atoms with Crippen molar-refractivity contribution in [3.63, 3.8) is 0 Å². The fourth-order valence-electron chi connectivity index (χ4n) is 3.88. The van der Waals surface area contributed by atoms with Crippen LogP contribution >= 0.6 is 0 Å². The lowest BCUT2D eigenvalue weighted by atomic mass is 9.94. The lowest BCUT2D eigenvalue weighted by Crippen LogP contribution is -2.64. The predicted octanol–water partition coefficient (Wildman–Crippen LogP) is 3.09. The molecule has 2 aromatic rings. The summed E-state index contributed by atoms with van der Waals surface area (Å²) >= 11 is 0.257. The molecule has 0 spiro atoms. The molecule has 1 saturated heterocycles. The van der Waals surface area contributed by atoms with Crippen LogP contribution in [0.15, 0.2) is 60.7 Å². The molecule has 0 aromatic heterocycles. The van der Waals surface area contributed by atoms with E-state index >= 15 is 0 Å². The zero-order chi connectivity index (χ0) is 22.1. The standard InChI is InChI=1S/C25H30N2O3S/c1-26(17-11-3-2-6-12-20-13-7-4-8-14-20)23(28)19-27-22(24(31-30)25(27)29)18-21-15-9-5-10-16-21/h4-5,7-10,13-16,22H,2-3,6,11-12,17-19H2,1H3. The highest BCUT2D eigenvalue weighted by Gasteiger charge is 2.44. The molecular weight excluding hydrogens is 408 g/mol. The molecule has 0 N–H and O–H groups in total. The summed E-state index contributed by atoms with van der Waals surface area (Å²) in [6.45, 7) is 0.716. The molecule has 5 nitrogen and oxygen atoms in total. The Kier molecular flexibility index (Phi) is 8.59. The van der Waals surface area contributed by atoms with E-state index < -0.39 is 0 Å². The first-order valence-electron chi connectivity index (χ1n) is 10.9. The van der Waals surface area contributed by atoms with Crippen LogP contribution < -0.4 is 0 Å². The number of likely N-dealkylation sites (N-methyl/N-ethyl adjacent to an activating group) is 1. The minimum Gasteiger partial charge on any atom is -0.344 e. The van der Waals surface area contributed by atoms with E-state index in [0.717, 1.165) is 37.7 Å². The second kappa shape index (κ2) is 11.6. The van der Waals surface area contributed by atoms with Crippen LogP contribution in [0.4, 0.5) is 0 Å². The molecule has 1 unspecified atom stereocenters.